The van der Waals surface area contributed by atoms with Crippen molar-refractivity contribution >= 4 is 22.3 Å². The van der Waals surface area contributed by atoms with Crippen LogP contribution in [0, 0.1) is 46.3 Å². The number of hydrogen-bond acceptors (Lipinski definition) is 6. The van der Waals surface area contributed by atoms with Crippen molar-refractivity contribution in [2.45, 2.75) is 97.2 Å². The average molecular weight is 530 g/mol. The monoisotopic (exact) mass is 529 g/mol. The van der Waals surface area contributed by atoms with Crippen LogP contribution in [-0.4, -0.2) is 53.8 Å². The van der Waals surface area contributed by atoms with Gasteiger partial charge in [0.1, 0.15) is 6.54 Å². The van der Waals surface area contributed by atoms with Gasteiger partial charge in [0.2, 0.25) is 5.91 Å². The van der Waals surface area contributed by atoms with Crippen molar-refractivity contribution in [1.29, 1.82) is 0 Å². The molecular formula is C26H43NO8S. The summed E-state index contributed by atoms with van der Waals surface area (Å²) in [6.07, 6.45) is 6.84. The normalized spacial score (nSPS) is 43.1. The van der Waals surface area contributed by atoms with Crippen LogP contribution in [0.3, 0.4) is 0 Å². The molecule has 0 spiro atoms. The van der Waals surface area contributed by atoms with Crippen molar-refractivity contribution < 1.29 is 37.0 Å². The van der Waals surface area contributed by atoms with Crippen molar-refractivity contribution in [2.75, 3.05) is 6.54 Å². The molecule has 4 N–H and O–H groups in total. The van der Waals surface area contributed by atoms with E-state index >= 15 is 0 Å². The highest BCUT2D eigenvalue weighted by atomic mass is 32.3. The number of carbonyl (C=O) groups excluding carboxylic acids is 1. The Labute approximate surface area is 214 Å². The molecule has 4 saturated carbocycles. The number of nitrogens with one attached hydrogen (secondary N) is 1. The third-order valence-corrected chi connectivity index (χ3v) is 11.4. The van der Waals surface area contributed by atoms with E-state index < -0.39 is 22.5 Å². The molecule has 0 aromatic rings. The Morgan fingerprint density at radius 3 is 2.39 bits per heavy atom. The van der Waals surface area contributed by atoms with Gasteiger partial charge in [0.15, 0.2) is 0 Å². The molecule has 0 aromatic heterocycles. The lowest BCUT2D eigenvalue weighted by atomic mass is 9.43. The zero-order valence-electron chi connectivity index (χ0n) is 21.7. The number of hydrogen-bond donors (Lipinski definition) is 4. The quantitative estimate of drug-likeness (QED) is 0.349. The van der Waals surface area contributed by atoms with Gasteiger partial charge in [-0.15, -0.1) is 0 Å². The third-order valence-electron chi connectivity index (χ3n) is 10.9. The molecule has 0 heterocycles. The van der Waals surface area contributed by atoms with E-state index in [1.807, 2.05) is 0 Å². The average Bonchev–Trinajstić information content (AvgIpc) is 3.13. The van der Waals surface area contributed by atoms with Crippen LogP contribution in [0.5, 0.6) is 0 Å². The minimum absolute atomic E-state index is 0.0175. The number of fused-ring (bicyclic) bond motifs is 5. The lowest BCUT2D eigenvalue weighted by Crippen LogP contribution is -2.59. The van der Waals surface area contributed by atoms with Gasteiger partial charge in [0, 0.05) is 6.42 Å². The molecular weight excluding hydrogens is 486 g/mol. The maximum absolute atomic E-state index is 12.1. The van der Waals surface area contributed by atoms with Crippen LogP contribution in [0.25, 0.3) is 0 Å². The number of amides is 1. The molecule has 4 aliphatic carbocycles. The number of aliphatic hydroxyl groups excluding tert-OH is 1. The summed E-state index contributed by atoms with van der Waals surface area (Å²) in [5, 5.41) is 21.6. The molecule has 9 nitrogen and oxygen atoms in total. The first-order valence-corrected chi connectivity index (χ1v) is 14.9. The Hall–Kier alpha value is -1.23. The first kappa shape index (κ1) is 27.8. The number of carboxylic acids is 1. The van der Waals surface area contributed by atoms with Crippen molar-refractivity contribution in [3.8, 4) is 0 Å². The number of rotatable bonds is 8. The molecule has 0 aliphatic heterocycles. The standard InChI is InChI=1S/C26H43NO8S/c1-15(4-7-22(29)27-14-23(30)31)18-5-6-19-24-20(9-11-26(18,19)3)25(2)10-8-17(28)12-16(25)13-21(24)35-36(32,33)34/h15-21,24,28H,4-14H2,1-3H3,(H,27,29)(H,30,31)(H,32,33,34). The highest BCUT2D eigenvalue weighted by Gasteiger charge is 2.63. The Morgan fingerprint density at radius 1 is 1.06 bits per heavy atom. The zero-order chi connectivity index (χ0) is 26.5. The summed E-state index contributed by atoms with van der Waals surface area (Å²) in [7, 11) is -4.60. The molecule has 1 amide bonds. The van der Waals surface area contributed by atoms with Crippen molar-refractivity contribution in [2.24, 2.45) is 46.3 Å². The number of aliphatic hydroxyl groups is 1. The van der Waals surface area contributed by atoms with E-state index in [1.165, 1.54) is 0 Å². The van der Waals surface area contributed by atoms with Crippen molar-refractivity contribution in [3.63, 3.8) is 0 Å². The maximum Gasteiger partial charge on any atom is 0.397 e. The Morgan fingerprint density at radius 2 is 1.72 bits per heavy atom. The number of carbonyl (C=O) groups is 2. The van der Waals surface area contributed by atoms with E-state index in [4.69, 9.17) is 9.29 Å². The molecule has 10 atom stereocenters. The van der Waals surface area contributed by atoms with E-state index in [0.29, 0.717) is 25.2 Å². The molecule has 4 fully saturated rings. The highest BCUT2D eigenvalue weighted by Crippen LogP contribution is 2.68. The maximum atomic E-state index is 12.1. The Bertz CT molecular complexity index is 956. The van der Waals surface area contributed by atoms with Gasteiger partial charge in [0.25, 0.3) is 0 Å². The van der Waals surface area contributed by atoms with Gasteiger partial charge in [-0.3, -0.25) is 14.1 Å². The fraction of sp³-hybridized carbons (Fsp3) is 0.923. The van der Waals surface area contributed by atoms with Crippen LogP contribution in [0.2, 0.25) is 0 Å². The summed E-state index contributed by atoms with van der Waals surface area (Å²) in [6.45, 7) is 6.43. The van der Waals surface area contributed by atoms with Crippen molar-refractivity contribution in [3.05, 3.63) is 0 Å². The smallest absolute Gasteiger partial charge is 0.397 e. The minimum atomic E-state index is -4.60. The van der Waals surface area contributed by atoms with Crippen LogP contribution < -0.4 is 5.32 Å². The zero-order valence-corrected chi connectivity index (χ0v) is 22.5. The largest absolute Gasteiger partial charge is 0.480 e. The molecule has 0 aromatic carbocycles. The molecule has 36 heavy (non-hydrogen) atoms. The first-order chi connectivity index (χ1) is 16.7. The SMILES string of the molecule is CC(CCC(=O)NCC(=O)O)C1CCC2C3C(OS(=O)(=O)O)CC4CC(O)CCC4(C)C3CCC12C. The summed E-state index contributed by atoms with van der Waals surface area (Å²) in [5.74, 6) is 0.0742. The summed E-state index contributed by atoms with van der Waals surface area (Å²) in [6, 6.07) is 0. The number of aliphatic carboxylic acids is 1. The summed E-state index contributed by atoms with van der Waals surface area (Å²) >= 11 is 0. The van der Waals surface area contributed by atoms with E-state index in [1.54, 1.807) is 0 Å². The minimum Gasteiger partial charge on any atom is -0.480 e. The van der Waals surface area contributed by atoms with Gasteiger partial charge in [-0.25, -0.2) is 4.18 Å². The van der Waals surface area contributed by atoms with Gasteiger partial charge in [-0.05, 0) is 104 Å². The van der Waals surface area contributed by atoms with Gasteiger partial charge in [0.05, 0.1) is 12.2 Å². The second kappa shape index (κ2) is 10.2. The van der Waals surface area contributed by atoms with Gasteiger partial charge in [-0.1, -0.05) is 20.8 Å². The second-order valence-corrected chi connectivity index (χ2v) is 13.7. The Balaban J connectivity index is 1.53. The molecule has 0 radical (unpaired) electrons. The van der Waals surface area contributed by atoms with Gasteiger partial charge < -0.3 is 15.5 Å². The molecule has 4 aliphatic rings. The predicted octanol–water partition coefficient (Wildman–Crippen LogP) is 3.42. The fourth-order valence-electron chi connectivity index (χ4n) is 9.23. The predicted molar refractivity (Wildman–Crippen MR) is 132 cm³/mol. The van der Waals surface area contributed by atoms with Gasteiger partial charge in [-0.2, -0.15) is 8.42 Å². The molecule has 10 unspecified atom stereocenters. The van der Waals surface area contributed by atoms with Crippen LogP contribution in [-0.2, 0) is 24.2 Å². The molecule has 4 rings (SSSR count). The van der Waals surface area contributed by atoms with Crippen LogP contribution >= 0.6 is 0 Å². The third kappa shape index (κ3) is 5.33. The lowest BCUT2D eigenvalue weighted by molar-refractivity contribution is -0.168. The van der Waals surface area contributed by atoms with Crippen LogP contribution in [0.1, 0.15) is 85.0 Å². The molecule has 10 heteroatoms. The highest BCUT2D eigenvalue weighted by molar-refractivity contribution is 7.80. The first-order valence-electron chi connectivity index (χ1n) is 13.6. The molecule has 0 bridgehead atoms. The van der Waals surface area contributed by atoms with E-state index in [2.05, 4.69) is 26.1 Å². The van der Waals surface area contributed by atoms with Crippen LogP contribution in [0.15, 0.2) is 0 Å². The number of carboxylic acid groups (broad SMARTS) is 1. The van der Waals surface area contributed by atoms with Crippen LogP contribution in [0.4, 0.5) is 0 Å². The van der Waals surface area contributed by atoms with E-state index in [0.717, 1.165) is 38.5 Å². The van der Waals surface area contributed by atoms with E-state index in [-0.39, 0.29) is 65.4 Å². The topological polar surface area (TPSA) is 150 Å². The fourth-order valence-corrected chi connectivity index (χ4v) is 9.75. The molecule has 0 saturated heterocycles. The van der Waals surface area contributed by atoms with Gasteiger partial charge >= 0.3 is 16.4 Å². The summed E-state index contributed by atoms with van der Waals surface area (Å²) < 4.78 is 38.8. The van der Waals surface area contributed by atoms with E-state index in [9.17, 15) is 27.7 Å². The summed E-state index contributed by atoms with van der Waals surface area (Å²) in [5.41, 5.74) is 0.00651. The lowest BCUT2D eigenvalue weighted by Gasteiger charge is -2.62. The molecule has 206 valence electrons. The second-order valence-electron chi connectivity index (χ2n) is 12.6. The Kier molecular flexibility index (Phi) is 7.84. The summed E-state index contributed by atoms with van der Waals surface area (Å²) in [4.78, 5) is 22.8. The van der Waals surface area contributed by atoms with Crippen molar-refractivity contribution in [1.82, 2.24) is 5.32 Å².